The van der Waals surface area contributed by atoms with Crippen LogP contribution in [0.25, 0.3) is 0 Å². The van der Waals surface area contributed by atoms with Crippen molar-refractivity contribution in [3.8, 4) is 0 Å². The van der Waals surface area contributed by atoms with Gasteiger partial charge in [0.25, 0.3) is 0 Å². The largest absolute Gasteiger partial charge is 0.342 e. The SMILES string of the molecule is CCCC1CCC(/C(F)=C(\F)C2=CC=C(CC)C(F)(F)C2(F)F)CC1. The van der Waals surface area contributed by atoms with Crippen molar-refractivity contribution in [1.29, 1.82) is 0 Å². The molecule has 0 nitrogen and oxygen atoms in total. The molecule has 0 aliphatic heterocycles. The molecule has 0 amide bonds. The molecular weight excluding hydrogens is 342 g/mol. The van der Waals surface area contributed by atoms with Gasteiger partial charge in [0.05, 0.1) is 5.57 Å². The second-order valence-corrected chi connectivity index (χ2v) is 6.94. The van der Waals surface area contributed by atoms with E-state index in [4.69, 9.17) is 0 Å². The third-order valence-corrected chi connectivity index (χ3v) is 5.32. The van der Waals surface area contributed by atoms with Crippen LogP contribution in [0.1, 0.15) is 58.8 Å². The maximum atomic E-state index is 14.4. The summed E-state index contributed by atoms with van der Waals surface area (Å²) in [4.78, 5) is 0. The Morgan fingerprint density at radius 3 is 2.08 bits per heavy atom. The first-order valence-electron chi connectivity index (χ1n) is 8.89. The summed E-state index contributed by atoms with van der Waals surface area (Å²) < 4.78 is 84.9. The van der Waals surface area contributed by atoms with Crippen molar-refractivity contribution < 1.29 is 26.3 Å². The van der Waals surface area contributed by atoms with Crippen molar-refractivity contribution in [2.75, 3.05) is 0 Å². The number of allylic oxidation sites excluding steroid dienone is 6. The number of hydrogen-bond donors (Lipinski definition) is 0. The molecule has 0 unspecified atom stereocenters. The van der Waals surface area contributed by atoms with Crippen LogP contribution in [0.3, 0.4) is 0 Å². The lowest BCUT2D eigenvalue weighted by atomic mass is 9.78. The molecule has 0 bridgehead atoms. The highest BCUT2D eigenvalue weighted by Crippen LogP contribution is 2.51. The van der Waals surface area contributed by atoms with Crippen LogP contribution in [0.2, 0.25) is 0 Å². The lowest BCUT2D eigenvalue weighted by Gasteiger charge is -2.33. The van der Waals surface area contributed by atoms with E-state index in [1.54, 1.807) is 0 Å². The minimum Gasteiger partial charge on any atom is -0.208 e. The molecule has 1 saturated carbocycles. The third kappa shape index (κ3) is 3.68. The first kappa shape index (κ1) is 20.1. The van der Waals surface area contributed by atoms with Crippen LogP contribution in [0.15, 0.2) is 35.0 Å². The van der Waals surface area contributed by atoms with Crippen molar-refractivity contribution in [3.63, 3.8) is 0 Å². The second kappa shape index (κ2) is 7.58. The van der Waals surface area contributed by atoms with Gasteiger partial charge >= 0.3 is 11.8 Å². The van der Waals surface area contributed by atoms with E-state index >= 15 is 0 Å². The van der Waals surface area contributed by atoms with Gasteiger partial charge in [0.1, 0.15) is 5.83 Å². The molecule has 2 aliphatic rings. The summed E-state index contributed by atoms with van der Waals surface area (Å²) in [6.07, 6.45) is 5.19. The fraction of sp³-hybridized carbons (Fsp3) is 0.684. The molecule has 6 heteroatoms. The molecule has 0 saturated heterocycles. The van der Waals surface area contributed by atoms with Crippen molar-refractivity contribution in [3.05, 3.63) is 35.0 Å². The molecule has 0 radical (unpaired) electrons. The van der Waals surface area contributed by atoms with Gasteiger partial charge in [-0.15, -0.1) is 0 Å². The molecule has 0 aromatic heterocycles. The molecular formula is C19H24F6. The highest BCUT2D eigenvalue weighted by molar-refractivity contribution is 5.46. The van der Waals surface area contributed by atoms with E-state index in [-0.39, 0.29) is 6.42 Å². The van der Waals surface area contributed by atoms with Crippen molar-refractivity contribution in [2.45, 2.75) is 70.6 Å². The summed E-state index contributed by atoms with van der Waals surface area (Å²) in [5, 5.41) is 0. The molecule has 2 rings (SSSR count). The number of alkyl halides is 4. The van der Waals surface area contributed by atoms with Gasteiger partial charge in [0.2, 0.25) is 0 Å². The predicted molar refractivity (Wildman–Crippen MR) is 85.9 cm³/mol. The van der Waals surface area contributed by atoms with Gasteiger partial charge in [-0.05, 0) is 44.1 Å². The van der Waals surface area contributed by atoms with Crippen LogP contribution in [0.4, 0.5) is 26.3 Å². The van der Waals surface area contributed by atoms with Crippen LogP contribution in [0, 0.1) is 11.8 Å². The zero-order valence-corrected chi connectivity index (χ0v) is 14.5. The van der Waals surface area contributed by atoms with E-state index in [9.17, 15) is 26.3 Å². The van der Waals surface area contributed by atoms with Gasteiger partial charge in [0.15, 0.2) is 5.83 Å². The van der Waals surface area contributed by atoms with E-state index in [1.165, 1.54) is 6.92 Å². The fourth-order valence-corrected chi connectivity index (χ4v) is 3.74. The van der Waals surface area contributed by atoms with Crippen molar-refractivity contribution >= 4 is 0 Å². The highest BCUT2D eigenvalue weighted by Gasteiger charge is 2.62. The van der Waals surface area contributed by atoms with Crippen LogP contribution in [0.5, 0.6) is 0 Å². The van der Waals surface area contributed by atoms with Gasteiger partial charge < -0.3 is 0 Å². The number of hydrogen-bond acceptors (Lipinski definition) is 0. The Morgan fingerprint density at radius 2 is 1.56 bits per heavy atom. The zero-order valence-electron chi connectivity index (χ0n) is 14.5. The van der Waals surface area contributed by atoms with Gasteiger partial charge in [-0.1, -0.05) is 32.8 Å². The molecule has 0 heterocycles. The molecule has 0 N–H and O–H groups in total. The minimum atomic E-state index is -4.76. The third-order valence-electron chi connectivity index (χ3n) is 5.32. The summed E-state index contributed by atoms with van der Waals surface area (Å²) in [6.45, 7) is 3.36. The van der Waals surface area contributed by atoms with Crippen molar-refractivity contribution in [1.82, 2.24) is 0 Å². The Bertz CT molecular complexity index is 577. The average Bonchev–Trinajstić information content (AvgIpc) is 2.57. The number of halogens is 6. The van der Waals surface area contributed by atoms with Gasteiger partial charge in [-0.25, -0.2) is 8.78 Å². The lowest BCUT2D eigenvalue weighted by Crippen LogP contribution is -2.45. The first-order chi connectivity index (χ1) is 11.7. The maximum absolute atomic E-state index is 14.4. The Balaban J connectivity index is 2.26. The molecule has 0 aromatic carbocycles. The van der Waals surface area contributed by atoms with E-state index in [0.717, 1.165) is 18.9 Å². The fourth-order valence-electron chi connectivity index (χ4n) is 3.74. The van der Waals surface area contributed by atoms with Gasteiger partial charge in [-0.3, -0.25) is 0 Å². The van der Waals surface area contributed by atoms with Crippen LogP contribution >= 0.6 is 0 Å². The smallest absolute Gasteiger partial charge is 0.208 e. The Morgan fingerprint density at radius 1 is 0.960 bits per heavy atom. The topological polar surface area (TPSA) is 0 Å². The van der Waals surface area contributed by atoms with Gasteiger partial charge in [0, 0.05) is 11.5 Å². The van der Waals surface area contributed by atoms with Crippen molar-refractivity contribution in [2.24, 2.45) is 11.8 Å². The number of rotatable bonds is 5. The first-order valence-corrected chi connectivity index (χ1v) is 8.89. The highest BCUT2D eigenvalue weighted by atomic mass is 19.3. The summed E-state index contributed by atoms with van der Waals surface area (Å²) in [6, 6.07) is 0. The van der Waals surface area contributed by atoms with Crippen LogP contribution in [-0.2, 0) is 0 Å². The summed E-state index contributed by atoms with van der Waals surface area (Å²) in [5.41, 5.74) is -2.34. The molecule has 2 aliphatic carbocycles. The van der Waals surface area contributed by atoms with Gasteiger partial charge in [-0.2, -0.15) is 17.6 Å². The normalized spacial score (nSPS) is 29.6. The summed E-state index contributed by atoms with van der Waals surface area (Å²) >= 11 is 0. The monoisotopic (exact) mass is 366 g/mol. The Kier molecular flexibility index (Phi) is 6.10. The lowest BCUT2D eigenvalue weighted by molar-refractivity contribution is -0.164. The molecule has 1 fully saturated rings. The van der Waals surface area contributed by atoms with E-state index in [1.807, 2.05) is 6.92 Å². The Labute approximate surface area is 144 Å². The Hall–Kier alpha value is -1.20. The van der Waals surface area contributed by atoms with E-state index in [2.05, 4.69) is 0 Å². The van der Waals surface area contributed by atoms with E-state index < -0.39 is 40.6 Å². The molecule has 142 valence electrons. The van der Waals surface area contributed by atoms with E-state index in [0.29, 0.717) is 37.7 Å². The zero-order chi connectivity index (χ0) is 18.8. The van der Waals surface area contributed by atoms with Crippen LogP contribution < -0.4 is 0 Å². The maximum Gasteiger partial charge on any atom is 0.342 e. The summed E-state index contributed by atoms with van der Waals surface area (Å²) in [5.74, 6) is -12.8. The average molecular weight is 366 g/mol. The quantitative estimate of drug-likeness (QED) is 0.448. The molecule has 0 spiro atoms. The molecule has 0 aromatic rings. The molecule has 25 heavy (non-hydrogen) atoms. The second-order valence-electron chi connectivity index (χ2n) is 6.94. The standard InChI is InChI=1S/C19H24F6/c1-3-5-12-6-8-13(9-7-12)16(20)17(21)15-11-10-14(4-2)18(22,23)19(15,24)25/h10-13H,3-9H2,1-2H3/b17-16+. The summed E-state index contributed by atoms with van der Waals surface area (Å²) in [7, 11) is 0. The molecule has 0 atom stereocenters. The minimum absolute atomic E-state index is 0.290. The predicted octanol–water partition coefficient (Wildman–Crippen LogP) is 7.29. The van der Waals surface area contributed by atoms with Crippen LogP contribution in [-0.4, -0.2) is 11.8 Å².